The Labute approximate surface area is 287 Å². The van der Waals surface area contributed by atoms with Gasteiger partial charge < -0.3 is 28.2 Å². The minimum atomic E-state index is -0.464. The van der Waals surface area contributed by atoms with E-state index in [1.54, 1.807) is 0 Å². The van der Waals surface area contributed by atoms with Crippen molar-refractivity contribution in [1.82, 2.24) is 14.5 Å². The maximum atomic E-state index is 11.9. The fraction of sp³-hybridized carbons (Fsp3) is 0.632. The van der Waals surface area contributed by atoms with Gasteiger partial charge in [-0.25, -0.2) is 0 Å². The van der Waals surface area contributed by atoms with Crippen LogP contribution < -0.4 is 10.4 Å². The van der Waals surface area contributed by atoms with Gasteiger partial charge in [0.05, 0.1) is 60.3 Å². The largest absolute Gasteiger partial charge is 0.494 e. The van der Waals surface area contributed by atoms with Gasteiger partial charge in [0.2, 0.25) is 0 Å². The van der Waals surface area contributed by atoms with E-state index in [0.29, 0.717) is 19.1 Å². The molecule has 10 heteroatoms. The molecule has 0 saturated carbocycles. The molecule has 3 aliphatic heterocycles. The normalized spacial score (nSPS) is 21.3. The van der Waals surface area contributed by atoms with Gasteiger partial charge in [0.1, 0.15) is 0 Å². The molecule has 1 aromatic carbocycles. The molecule has 48 heavy (non-hydrogen) atoms. The van der Waals surface area contributed by atoms with Crippen LogP contribution in [0.2, 0.25) is 0 Å². The summed E-state index contributed by atoms with van der Waals surface area (Å²) in [7, 11) is -0.464. The van der Waals surface area contributed by atoms with E-state index in [4.69, 9.17) is 23.8 Å². The number of pyridine rings is 1. The molecule has 0 unspecified atom stereocenters. The number of benzene rings is 1. The first-order valence-electron chi connectivity index (χ1n) is 17.8. The van der Waals surface area contributed by atoms with Crippen LogP contribution in [0.5, 0.6) is 0 Å². The number of nitrogens with zero attached hydrogens (tertiary/aromatic N) is 4. The molecule has 6 rings (SSSR count). The maximum Gasteiger partial charge on any atom is 0.494 e. The molecule has 2 aromatic heterocycles. The number of hydrogen-bond acceptors (Lipinski definition) is 8. The van der Waals surface area contributed by atoms with Crippen LogP contribution in [-0.4, -0.2) is 90.8 Å². The zero-order valence-electron chi connectivity index (χ0n) is 30.8. The number of rotatable bonds is 9. The van der Waals surface area contributed by atoms with Crippen molar-refractivity contribution in [1.29, 1.82) is 0 Å². The number of piperazine rings is 1. The molecule has 0 N–H and O–H groups in total. The summed E-state index contributed by atoms with van der Waals surface area (Å²) in [5.74, 6) is -0.0343. The summed E-state index contributed by atoms with van der Waals surface area (Å²) in [5.41, 5.74) is 6.80. The van der Waals surface area contributed by atoms with E-state index < -0.39 is 18.3 Å². The summed E-state index contributed by atoms with van der Waals surface area (Å²) < 4.78 is 26.9. The Morgan fingerprint density at radius 3 is 2.50 bits per heavy atom. The van der Waals surface area contributed by atoms with E-state index in [0.717, 1.165) is 62.8 Å². The molecule has 0 aliphatic carbocycles. The lowest BCUT2D eigenvalue weighted by Crippen LogP contribution is -2.58. The number of anilines is 1. The summed E-state index contributed by atoms with van der Waals surface area (Å²) >= 11 is 0. The highest BCUT2D eigenvalue weighted by atomic mass is 16.7. The third-order valence-corrected chi connectivity index (χ3v) is 10.9. The number of esters is 1. The van der Waals surface area contributed by atoms with Crippen LogP contribution in [-0.2, 0) is 36.5 Å². The molecule has 0 radical (unpaired) electrons. The van der Waals surface area contributed by atoms with E-state index >= 15 is 0 Å². The highest BCUT2D eigenvalue weighted by Crippen LogP contribution is 2.42. The summed E-state index contributed by atoms with van der Waals surface area (Å²) in [5, 5.41) is 1.17. The summed E-state index contributed by atoms with van der Waals surface area (Å²) in [6.45, 7) is 27.5. The zero-order chi connectivity index (χ0) is 34.6. The number of aryl methyl sites for hydroxylation is 1. The van der Waals surface area contributed by atoms with Crippen molar-refractivity contribution < 1.29 is 23.6 Å². The fourth-order valence-corrected chi connectivity index (χ4v) is 7.48. The Balaban J connectivity index is 1.51. The number of aromatic nitrogens is 2. The standard InChI is InChI=1S/C38H55BN4O5/c1-11-43-33-13-12-27(39-47-37(7,8)38(9,10)48-39)18-30(33)32(20-36(5,6)24-46-26(4)44)35(43)31-19-28(21-40-34(31)25(2)3)42-15-14-41-16-17-45-23-29(41)22-42/h12-13,18-19,21,25,29H,11,14-17,20,22-24H2,1-10H3/t29-/m0/s1. The fourth-order valence-electron chi connectivity index (χ4n) is 7.48. The van der Waals surface area contributed by atoms with Crippen LogP contribution in [0.4, 0.5) is 5.69 Å². The third-order valence-electron chi connectivity index (χ3n) is 10.9. The van der Waals surface area contributed by atoms with E-state index in [1.807, 2.05) is 0 Å². The number of morpholine rings is 1. The number of carbonyl (C=O) groups excluding carboxylic acids is 1. The molecule has 260 valence electrons. The zero-order valence-corrected chi connectivity index (χ0v) is 30.8. The predicted octanol–water partition coefficient (Wildman–Crippen LogP) is 5.80. The van der Waals surface area contributed by atoms with Crippen molar-refractivity contribution in [2.24, 2.45) is 5.41 Å². The average molecular weight is 659 g/mol. The quantitative estimate of drug-likeness (QED) is 0.211. The first kappa shape index (κ1) is 34.9. The van der Waals surface area contributed by atoms with E-state index in [9.17, 15) is 4.79 Å². The molecule has 3 saturated heterocycles. The first-order chi connectivity index (χ1) is 22.6. The van der Waals surface area contributed by atoms with Gasteiger partial charge in [0, 0.05) is 61.5 Å². The van der Waals surface area contributed by atoms with Gasteiger partial charge in [0.15, 0.2) is 0 Å². The second kappa shape index (κ2) is 13.1. The minimum absolute atomic E-state index is 0.225. The summed E-state index contributed by atoms with van der Waals surface area (Å²) in [4.78, 5) is 22.1. The smallest absolute Gasteiger partial charge is 0.465 e. The minimum Gasteiger partial charge on any atom is -0.465 e. The van der Waals surface area contributed by atoms with Crippen molar-refractivity contribution in [2.45, 2.75) is 105 Å². The molecule has 9 nitrogen and oxygen atoms in total. The second-order valence-corrected chi connectivity index (χ2v) is 16.0. The van der Waals surface area contributed by atoms with Crippen LogP contribution >= 0.6 is 0 Å². The Bertz CT molecular complexity index is 1650. The molecule has 0 spiro atoms. The number of ether oxygens (including phenoxy) is 2. The van der Waals surface area contributed by atoms with Crippen molar-refractivity contribution >= 4 is 35.1 Å². The molecule has 1 atom stereocenters. The third kappa shape index (κ3) is 6.65. The van der Waals surface area contributed by atoms with Crippen LogP contribution in [0.25, 0.3) is 22.2 Å². The van der Waals surface area contributed by atoms with E-state index in [-0.39, 0.29) is 17.3 Å². The molecule has 0 amide bonds. The van der Waals surface area contributed by atoms with E-state index in [2.05, 4.69) is 107 Å². The summed E-state index contributed by atoms with van der Waals surface area (Å²) in [6.07, 6.45) is 2.78. The molecular weight excluding hydrogens is 603 g/mol. The lowest BCUT2D eigenvalue weighted by atomic mass is 9.77. The van der Waals surface area contributed by atoms with Crippen LogP contribution in [0, 0.1) is 5.41 Å². The molecule has 3 aromatic rings. The predicted molar refractivity (Wildman–Crippen MR) is 193 cm³/mol. The summed E-state index contributed by atoms with van der Waals surface area (Å²) in [6, 6.07) is 9.41. The second-order valence-electron chi connectivity index (χ2n) is 16.0. The van der Waals surface area contributed by atoms with Crippen molar-refractivity contribution in [2.75, 3.05) is 50.9 Å². The Hall–Kier alpha value is -2.92. The Kier molecular flexibility index (Phi) is 9.52. The van der Waals surface area contributed by atoms with Gasteiger partial charge in [0.25, 0.3) is 0 Å². The van der Waals surface area contributed by atoms with Crippen molar-refractivity contribution in [3.8, 4) is 11.3 Å². The van der Waals surface area contributed by atoms with Gasteiger partial charge >= 0.3 is 13.1 Å². The number of hydrogen-bond donors (Lipinski definition) is 0. The van der Waals surface area contributed by atoms with Crippen LogP contribution in [0.15, 0.2) is 30.5 Å². The van der Waals surface area contributed by atoms with Crippen LogP contribution in [0.3, 0.4) is 0 Å². The van der Waals surface area contributed by atoms with Gasteiger partial charge in [-0.15, -0.1) is 0 Å². The SMILES string of the molecule is CCn1c(-c2cc(N3CCN4CCOC[C@@H]4C3)cnc2C(C)C)c(CC(C)(C)COC(C)=O)c2cc(B3OC(C)(C)C(C)(C)O3)ccc21. The van der Waals surface area contributed by atoms with Gasteiger partial charge in [-0.1, -0.05) is 39.8 Å². The molecular formula is C38H55BN4O5. The Morgan fingerprint density at radius 2 is 1.83 bits per heavy atom. The van der Waals surface area contributed by atoms with Crippen molar-refractivity contribution in [3.63, 3.8) is 0 Å². The monoisotopic (exact) mass is 658 g/mol. The molecule has 5 heterocycles. The van der Waals surface area contributed by atoms with Gasteiger partial charge in [-0.05, 0) is 70.1 Å². The first-order valence-corrected chi connectivity index (χ1v) is 17.8. The topological polar surface area (TPSA) is 78.3 Å². The number of carbonyl (C=O) groups is 1. The Morgan fingerprint density at radius 1 is 1.10 bits per heavy atom. The number of fused-ring (bicyclic) bond motifs is 2. The average Bonchev–Trinajstić information content (AvgIpc) is 3.46. The van der Waals surface area contributed by atoms with Crippen LogP contribution in [0.1, 0.15) is 86.4 Å². The lowest BCUT2D eigenvalue weighted by Gasteiger charge is -2.44. The molecule has 0 bridgehead atoms. The highest BCUT2D eigenvalue weighted by Gasteiger charge is 2.51. The van der Waals surface area contributed by atoms with E-state index in [1.165, 1.54) is 34.6 Å². The van der Waals surface area contributed by atoms with Gasteiger partial charge in [-0.3, -0.25) is 14.7 Å². The molecule has 3 fully saturated rings. The highest BCUT2D eigenvalue weighted by molar-refractivity contribution is 6.62. The maximum absolute atomic E-state index is 11.9. The van der Waals surface area contributed by atoms with Gasteiger partial charge in [-0.2, -0.15) is 0 Å². The van der Waals surface area contributed by atoms with Crippen molar-refractivity contribution in [3.05, 3.63) is 41.7 Å². The molecule has 3 aliphatic rings. The lowest BCUT2D eigenvalue weighted by molar-refractivity contribution is -0.143.